The first-order valence-corrected chi connectivity index (χ1v) is 6.63. The molecule has 0 spiro atoms. The lowest BCUT2D eigenvalue weighted by molar-refractivity contribution is 0.209. The van der Waals surface area contributed by atoms with Crippen molar-refractivity contribution in [3.8, 4) is 0 Å². The average molecular weight is 303 g/mol. The zero-order chi connectivity index (χ0) is 14.0. The van der Waals surface area contributed by atoms with Crippen LogP contribution in [0.3, 0.4) is 0 Å². The second-order valence-electron chi connectivity index (χ2n) is 3.35. The summed E-state index contributed by atoms with van der Waals surface area (Å²) >= 11 is 5.57. The van der Waals surface area contributed by atoms with Gasteiger partial charge in [-0.1, -0.05) is 11.6 Å². The zero-order valence-electron chi connectivity index (χ0n) is 9.19. The van der Waals surface area contributed by atoms with E-state index in [0.29, 0.717) is 4.09 Å². The smallest absolute Gasteiger partial charge is 0.409 e. The quantitative estimate of drug-likeness (QED) is 0.825. The van der Waals surface area contributed by atoms with Crippen LogP contribution < -0.4 is 5.32 Å². The number of amides is 1. The number of nitrogens with one attached hydrogen (secondary N) is 1. The van der Waals surface area contributed by atoms with Crippen molar-refractivity contribution in [3.05, 3.63) is 35.9 Å². The highest BCUT2D eigenvalue weighted by Crippen LogP contribution is 2.16. The minimum atomic E-state index is -3.92. The first-order valence-electron chi connectivity index (χ1n) is 4.81. The molecule has 0 bridgehead atoms. The molecular formula is C9H7ClN4O4S. The van der Waals surface area contributed by atoms with E-state index in [2.05, 4.69) is 10.1 Å². The third kappa shape index (κ3) is 2.83. The summed E-state index contributed by atoms with van der Waals surface area (Å²) in [6.07, 6.45) is 1.89. The van der Waals surface area contributed by atoms with Gasteiger partial charge in [0.2, 0.25) is 0 Å². The molecule has 2 aromatic heterocycles. The van der Waals surface area contributed by atoms with Crippen molar-refractivity contribution < 1.29 is 18.3 Å². The number of rotatable bonds is 3. The summed E-state index contributed by atoms with van der Waals surface area (Å²) in [5.41, 5.74) is 0.0398. The summed E-state index contributed by atoms with van der Waals surface area (Å²) in [4.78, 5) is 14.0. The number of halogens is 1. The second kappa shape index (κ2) is 4.86. The molecule has 0 saturated heterocycles. The molecule has 100 valence electrons. The Morgan fingerprint density at radius 3 is 2.68 bits per heavy atom. The SMILES string of the molecule is O=C(O)Nc1cnn(S(=O)(=O)c2ccc(Cl)nc2)c1. The van der Waals surface area contributed by atoms with E-state index in [-0.39, 0.29) is 15.7 Å². The Morgan fingerprint density at radius 1 is 1.37 bits per heavy atom. The summed E-state index contributed by atoms with van der Waals surface area (Å²) in [5.74, 6) is 0. The van der Waals surface area contributed by atoms with Crippen molar-refractivity contribution in [2.75, 3.05) is 5.32 Å². The van der Waals surface area contributed by atoms with Crippen molar-refractivity contribution in [1.82, 2.24) is 14.2 Å². The van der Waals surface area contributed by atoms with Gasteiger partial charge in [0.05, 0.1) is 18.1 Å². The predicted molar refractivity (Wildman–Crippen MR) is 65.7 cm³/mol. The molecule has 0 aliphatic rings. The van der Waals surface area contributed by atoms with Gasteiger partial charge in [-0.25, -0.2) is 9.78 Å². The maximum atomic E-state index is 12.1. The normalized spacial score (nSPS) is 11.2. The number of anilines is 1. The summed E-state index contributed by atoms with van der Waals surface area (Å²) in [5, 5.41) is 14.2. The van der Waals surface area contributed by atoms with Crippen LogP contribution in [0.1, 0.15) is 0 Å². The molecule has 1 amide bonds. The van der Waals surface area contributed by atoms with Gasteiger partial charge in [-0.05, 0) is 12.1 Å². The van der Waals surface area contributed by atoms with E-state index < -0.39 is 16.1 Å². The monoisotopic (exact) mass is 302 g/mol. The molecule has 0 aliphatic heterocycles. The Kier molecular flexibility index (Phi) is 3.40. The number of carboxylic acid groups (broad SMARTS) is 1. The van der Waals surface area contributed by atoms with E-state index in [1.165, 1.54) is 12.1 Å². The van der Waals surface area contributed by atoms with Crippen LogP contribution in [-0.2, 0) is 10.0 Å². The van der Waals surface area contributed by atoms with E-state index in [4.69, 9.17) is 16.7 Å². The Labute approximate surface area is 112 Å². The van der Waals surface area contributed by atoms with Crippen molar-refractivity contribution >= 4 is 33.4 Å². The topological polar surface area (TPSA) is 114 Å². The maximum absolute atomic E-state index is 12.1. The van der Waals surface area contributed by atoms with Gasteiger partial charge in [0.25, 0.3) is 10.0 Å². The first-order chi connectivity index (χ1) is 8.89. The molecule has 0 aromatic carbocycles. The van der Waals surface area contributed by atoms with E-state index in [0.717, 1.165) is 18.6 Å². The van der Waals surface area contributed by atoms with Crippen molar-refractivity contribution in [2.24, 2.45) is 0 Å². The Morgan fingerprint density at radius 2 is 2.11 bits per heavy atom. The largest absolute Gasteiger partial charge is 0.465 e. The molecule has 2 rings (SSSR count). The summed E-state index contributed by atoms with van der Waals surface area (Å²) in [7, 11) is -3.92. The number of nitrogens with zero attached hydrogens (tertiary/aromatic N) is 3. The summed E-state index contributed by atoms with van der Waals surface area (Å²) in [6.45, 7) is 0. The lowest BCUT2D eigenvalue weighted by atomic mass is 10.5. The Bertz CT molecular complexity index is 710. The van der Waals surface area contributed by atoms with Gasteiger partial charge >= 0.3 is 6.09 Å². The molecule has 0 unspecified atom stereocenters. The lowest BCUT2D eigenvalue weighted by Crippen LogP contribution is -2.14. The molecule has 0 atom stereocenters. The molecule has 0 fully saturated rings. The molecule has 0 radical (unpaired) electrons. The summed E-state index contributed by atoms with van der Waals surface area (Å²) < 4.78 is 24.8. The van der Waals surface area contributed by atoms with Gasteiger partial charge in [0.15, 0.2) is 0 Å². The van der Waals surface area contributed by atoms with Gasteiger partial charge in [0, 0.05) is 6.20 Å². The predicted octanol–water partition coefficient (Wildman–Crippen LogP) is 1.26. The Hall–Kier alpha value is -2.13. The van der Waals surface area contributed by atoms with Crippen molar-refractivity contribution in [3.63, 3.8) is 0 Å². The molecule has 8 nitrogen and oxygen atoms in total. The highest BCUT2D eigenvalue weighted by molar-refractivity contribution is 7.89. The lowest BCUT2D eigenvalue weighted by Gasteiger charge is -2.03. The van der Waals surface area contributed by atoms with E-state index in [1.807, 2.05) is 5.32 Å². The number of carbonyl (C=O) groups is 1. The third-order valence-electron chi connectivity index (χ3n) is 2.06. The molecule has 10 heteroatoms. The molecule has 0 aliphatic carbocycles. The van der Waals surface area contributed by atoms with E-state index in [1.54, 1.807) is 0 Å². The van der Waals surface area contributed by atoms with Crippen LogP contribution >= 0.6 is 11.6 Å². The molecular weight excluding hydrogens is 296 g/mol. The van der Waals surface area contributed by atoms with Gasteiger partial charge in [0.1, 0.15) is 10.0 Å². The Balaban J connectivity index is 2.37. The first kappa shape index (κ1) is 13.3. The average Bonchev–Trinajstić information content (AvgIpc) is 2.78. The molecule has 2 N–H and O–H groups in total. The van der Waals surface area contributed by atoms with Crippen LogP contribution in [0, 0.1) is 0 Å². The van der Waals surface area contributed by atoms with Gasteiger partial charge in [-0.15, -0.1) is 0 Å². The van der Waals surface area contributed by atoms with Crippen LogP contribution in [0.5, 0.6) is 0 Å². The van der Waals surface area contributed by atoms with Gasteiger partial charge in [-0.2, -0.15) is 17.6 Å². The molecule has 2 aromatic rings. The summed E-state index contributed by atoms with van der Waals surface area (Å²) in [6, 6.07) is 2.60. The van der Waals surface area contributed by atoms with Crippen LogP contribution in [-0.4, -0.2) is 33.8 Å². The fourth-order valence-electron chi connectivity index (χ4n) is 1.25. The van der Waals surface area contributed by atoms with Crippen molar-refractivity contribution in [2.45, 2.75) is 4.90 Å². The van der Waals surface area contributed by atoms with Crippen LogP contribution in [0.25, 0.3) is 0 Å². The molecule has 19 heavy (non-hydrogen) atoms. The molecule has 2 heterocycles. The van der Waals surface area contributed by atoms with Crippen LogP contribution in [0.15, 0.2) is 35.6 Å². The van der Waals surface area contributed by atoms with Crippen molar-refractivity contribution in [1.29, 1.82) is 0 Å². The molecule has 0 saturated carbocycles. The van der Waals surface area contributed by atoms with E-state index in [9.17, 15) is 13.2 Å². The highest BCUT2D eigenvalue weighted by Gasteiger charge is 2.18. The number of hydrogen-bond acceptors (Lipinski definition) is 5. The third-order valence-corrected chi connectivity index (χ3v) is 3.81. The van der Waals surface area contributed by atoms with E-state index >= 15 is 0 Å². The highest BCUT2D eigenvalue weighted by atomic mass is 35.5. The van der Waals surface area contributed by atoms with Gasteiger partial charge in [-0.3, -0.25) is 5.32 Å². The number of pyridine rings is 1. The van der Waals surface area contributed by atoms with Gasteiger partial charge < -0.3 is 5.11 Å². The number of aromatic nitrogens is 3. The zero-order valence-corrected chi connectivity index (χ0v) is 10.8. The maximum Gasteiger partial charge on any atom is 0.409 e. The fourth-order valence-corrected chi connectivity index (χ4v) is 2.42. The van der Waals surface area contributed by atoms with Crippen LogP contribution in [0.2, 0.25) is 5.15 Å². The fraction of sp³-hybridized carbons (Fsp3) is 0. The minimum Gasteiger partial charge on any atom is -0.465 e. The minimum absolute atomic E-state index is 0.0398. The van der Waals surface area contributed by atoms with Crippen LogP contribution in [0.4, 0.5) is 10.5 Å². The number of hydrogen-bond donors (Lipinski definition) is 2. The second-order valence-corrected chi connectivity index (χ2v) is 5.54. The standard InChI is InChI=1S/C9H7ClN4O4S/c10-8-2-1-7(4-11-8)19(17,18)14-5-6(3-12-14)13-9(15)16/h1-5,13H,(H,15,16).